The van der Waals surface area contributed by atoms with E-state index in [4.69, 9.17) is 39.6 Å². The number of carboxylic acid groups (broad SMARTS) is 1. The van der Waals surface area contributed by atoms with Crippen LogP contribution in [0.4, 0.5) is 5.82 Å². The number of hydrogen-bond acceptors (Lipinski definition) is 22. The number of anilines is 1. The molecule has 29 heteroatoms. The Morgan fingerprint density at radius 1 is 0.679 bits per heavy atom. The number of nitrogens with zero attached hydrogens (tertiary/aromatic N) is 7. The van der Waals surface area contributed by atoms with Gasteiger partial charge in [0.1, 0.15) is 82.2 Å². The summed E-state index contributed by atoms with van der Waals surface area (Å²) >= 11 is 7.19. The van der Waals surface area contributed by atoms with Gasteiger partial charge in [0.2, 0.25) is 17.7 Å². The average molecular weight is 1250 g/mol. The number of hydrogen-bond donors (Lipinski definition) is 8. The standard InChI is InChI=1S/C55H55N13O10S6/c1-24(2)39-54-68-42(35(84-54)19-78-5)47(74)57-18-38(70)65-43(44(71)26-9-7-6-8-10-26)53-62-34(22-81-53)51-60-32(20-80-51)41-29(15-16-30(58-41)50-64-36(23-82-50)63-45(72)27-11-13-28(14-12-27)55(76)77)49-61-33(21-79-49)46(73)59-31(17-37(69)56-4)52-67-40(25(3)83-52)48(75)66-39/h6-10,15-16,20-24,27-28,31,39,43-44,71H,11-14,17-19H2,1-5H3,(H,56,69)(H,57,74)(H,59,73)(H,63,72)(H,65,70)(H,66,75)(H,76,77)/t27-,28+,31-,39-,43-,44-/m0/s1. The molecular formula is C55H55N13O10S6. The number of carbonyl (C=O) groups is 7. The van der Waals surface area contributed by atoms with Crippen LogP contribution in [-0.2, 0) is 30.5 Å². The highest BCUT2D eigenvalue weighted by Crippen LogP contribution is 2.40. The summed E-state index contributed by atoms with van der Waals surface area (Å²) in [5.41, 5.74) is 2.71. The summed E-state index contributed by atoms with van der Waals surface area (Å²) in [7, 11) is 2.94. The van der Waals surface area contributed by atoms with E-state index in [1.165, 1.54) is 70.8 Å². The minimum Gasteiger partial charge on any atom is -0.481 e. The summed E-state index contributed by atoms with van der Waals surface area (Å²) in [5, 5.41) is 47.6. The summed E-state index contributed by atoms with van der Waals surface area (Å²) in [6.45, 7) is 4.96. The fourth-order valence-corrected chi connectivity index (χ4v) is 15.0. The lowest BCUT2D eigenvalue weighted by molar-refractivity contribution is -0.143. The third-order valence-electron chi connectivity index (χ3n) is 13.9. The molecule has 8 N–H and O–H groups in total. The van der Waals surface area contributed by atoms with Crippen LogP contribution >= 0.6 is 68.0 Å². The number of carbonyl (C=O) groups excluding carboxylic acids is 6. The van der Waals surface area contributed by atoms with E-state index in [1.54, 1.807) is 70.9 Å². The number of nitrogens with one attached hydrogen (secondary N) is 6. The van der Waals surface area contributed by atoms with Gasteiger partial charge in [-0.2, -0.15) is 0 Å². The normalized spacial score (nSPS) is 19.1. The molecule has 2 aliphatic rings. The molecule has 1 aliphatic heterocycles. The first kappa shape index (κ1) is 59.5. The monoisotopic (exact) mass is 1250 g/mol. The third-order valence-corrected chi connectivity index (χ3v) is 19.7. The van der Waals surface area contributed by atoms with Gasteiger partial charge in [-0.3, -0.25) is 33.6 Å². The first-order chi connectivity index (χ1) is 40.4. The van der Waals surface area contributed by atoms with E-state index in [1.807, 2.05) is 13.8 Å². The lowest BCUT2D eigenvalue weighted by Crippen LogP contribution is -2.40. The lowest BCUT2D eigenvalue weighted by atomic mass is 9.81. The van der Waals surface area contributed by atoms with E-state index in [2.05, 4.69) is 31.9 Å². The molecule has 1 fully saturated rings. The summed E-state index contributed by atoms with van der Waals surface area (Å²) in [6.07, 6.45) is 0.232. The molecule has 10 bridgehead atoms. The summed E-state index contributed by atoms with van der Waals surface area (Å²) in [5.74, 6) is -4.74. The Hall–Kier alpha value is -7.64. The van der Waals surface area contributed by atoms with Crippen molar-refractivity contribution in [1.29, 1.82) is 0 Å². The van der Waals surface area contributed by atoms with Crippen LogP contribution in [0.2, 0.25) is 0 Å². The number of aliphatic hydroxyl groups excluding tert-OH is 1. The van der Waals surface area contributed by atoms with E-state index in [9.17, 15) is 43.8 Å². The van der Waals surface area contributed by atoms with Crippen molar-refractivity contribution in [1.82, 2.24) is 61.5 Å². The predicted octanol–water partition coefficient (Wildman–Crippen LogP) is 8.14. The number of aryl methyl sites for hydroxylation is 1. The SMILES string of the molecule is CNC(=O)C[C@@H]1NC(=O)c2csc(n2)-c2ccc(-c3nc(NC(=O)[C@H]4CC[C@@H](C(=O)O)CC4)cs3)nc2-c2csc(n2)-c2csc(n2)[C@H]([C@@H](O)c2ccccc2)NC(=O)CNC(=O)c2nc(sc2COC)[C@H](C(C)C)NC(=O)c2nc1sc2C. The molecule has 8 heterocycles. The smallest absolute Gasteiger partial charge is 0.306 e. The molecule has 1 saturated carbocycles. The maximum absolute atomic E-state index is 14.3. The molecule has 84 heavy (non-hydrogen) atoms. The van der Waals surface area contributed by atoms with Crippen molar-refractivity contribution in [3.05, 3.63) is 111 Å². The number of methoxy groups -OCH3 is 1. The van der Waals surface area contributed by atoms with Crippen LogP contribution in [0.25, 0.3) is 43.4 Å². The predicted molar refractivity (Wildman–Crippen MR) is 319 cm³/mol. The second-order valence-corrected chi connectivity index (χ2v) is 25.9. The highest BCUT2D eigenvalue weighted by Gasteiger charge is 2.34. The third kappa shape index (κ3) is 13.3. The summed E-state index contributed by atoms with van der Waals surface area (Å²) in [4.78, 5) is 129. The van der Waals surface area contributed by atoms with Crippen molar-refractivity contribution in [2.45, 2.75) is 83.7 Å². The first-order valence-electron chi connectivity index (χ1n) is 26.4. The maximum Gasteiger partial charge on any atom is 0.306 e. The molecule has 0 saturated heterocycles. The fourth-order valence-electron chi connectivity index (χ4n) is 9.47. The van der Waals surface area contributed by atoms with Crippen LogP contribution in [0, 0.1) is 24.7 Å². The van der Waals surface area contributed by atoms with Crippen LogP contribution in [0.1, 0.15) is 132 Å². The number of amides is 6. The molecule has 7 aromatic heterocycles. The molecular weight excluding hydrogens is 1200 g/mol. The van der Waals surface area contributed by atoms with Crippen molar-refractivity contribution < 1.29 is 48.5 Å². The molecule has 0 spiro atoms. The molecule has 436 valence electrons. The van der Waals surface area contributed by atoms with Crippen molar-refractivity contribution in [3.8, 4) is 43.4 Å². The van der Waals surface area contributed by atoms with E-state index in [-0.39, 0.29) is 52.9 Å². The van der Waals surface area contributed by atoms with Gasteiger partial charge in [-0.1, -0.05) is 44.2 Å². The summed E-state index contributed by atoms with van der Waals surface area (Å²) in [6, 6.07) is 9.50. The number of aliphatic hydroxyl groups is 1. The number of fused-ring (bicyclic) bond motifs is 14. The molecule has 8 aromatic rings. The number of aromatic nitrogens is 7. The number of thiazole rings is 6. The molecule has 0 unspecified atom stereocenters. The zero-order chi connectivity index (χ0) is 59.3. The van der Waals surface area contributed by atoms with Gasteiger partial charge in [0.25, 0.3) is 17.7 Å². The molecule has 1 aliphatic carbocycles. The Morgan fingerprint density at radius 3 is 2.11 bits per heavy atom. The van der Waals surface area contributed by atoms with Crippen molar-refractivity contribution >= 4 is 115 Å². The molecule has 10 rings (SSSR count). The van der Waals surface area contributed by atoms with E-state index >= 15 is 0 Å². The van der Waals surface area contributed by atoms with Gasteiger partial charge >= 0.3 is 5.97 Å². The lowest BCUT2D eigenvalue weighted by Gasteiger charge is -2.24. The largest absolute Gasteiger partial charge is 0.481 e. The molecule has 4 atom stereocenters. The molecule has 23 nitrogen and oxygen atoms in total. The van der Waals surface area contributed by atoms with Crippen molar-refractivity contribution in [3.63, 3.8) is 0 Å². The second kappa shape index (κ2) is 26.1. The van der Waals surface area contributed by atoms with Gasteiger partial charge in [-0.05, 0) is 56.2 Å². The Labute approximate surface area is 504 Å². The first-order valence-corrected chi connectivity index (χ1v) is 31.6. The van der Waals surface area contributed by atoms with Gasteiger partial charge in [0.15, 0.2) is 0 Å². The quantitative estimate of drug-likeness (QED) is 0.0605. The van der Waals surface area contributed by atoms with Crippen LogP contribution in [0.5, 0.6) is 0 Å². The van der Waals surface area contributed by atoms with Gasteiger partial charge in [0.05, 0.1) is 48.1 Å². The zero-order valence-corrected chi connectivity index (χ0v) is 50.5. The topological polar surface area (TPSA) is 332 Å². The van der Waals surface area contributed by atoms with Gasteiger partial charge in [0, 0.05) is 52.0 Å². The number of ether oxygens (including phenoxy) is 1. The van der Waals surface area contributed by atoms with Gasteiger partial charge < -0.3 is 46.9 Å². The van der Waals surface area contributed by atoms with Crippen LogP contribution in [0.15, 0.2) is 64.0 Å². The number of carboxylic acids is 1. The Bertz CT molecular complexity index is 3770. The number of pyridine rings is 1. The Kier molecular flexibility index (Phi) is 18.5. The zero-order valence-electron chi connectivity index (χ0n) is 45.6. The Balaban J connectivity index is 1.03. The fraction of sp³-hybridized carbons (Fsp3) is 0.345. The van der Waals surface area contributed by atoms with E-state index in [0.29, 0.717) is 100 Å². The molecule has 6 amide bonds. The second-order valence-electron chi connectivity index (χ2n) is 20.0. The summed E-state index contributed by atoms with van der Waals surface area (Å²) < 4.78 is 5.45. The van der Waals surface area contributed by atoms with Gasteiger partial charge in [-0.25, -0.2) is 34.9 Å². The number of rotatable bonds is 11. The Morgan fingerprint density at radius 2 is 1.37 bits per heavy atom. The van der Waals surface area contributed by atoms with Gasteiger partial charge in [-0.15, -0.1) is 68.0 Å². The highest BCUT2D eigenvalue weighted by molar-refractivity contribution is 7.15. The van der Waals surface area contributed by atoms with Crippen LogP contribution < -0.4 is 31.9 Å². The molecule has 1 aromatic carbocycles. The average Bonchev–Trinajstić information content (AvgIpc) is 3.76. The van der Waals surface area contributed by atoms with Crippen LogP contribution in [-0.4, -0.2) is 107 Å². The van der Waals surface area contributed by atoms with Crippen LogP contribution in [0.3, 0.4) is 0 Å². The van der Waals surface area contributed by atoms with E-state index in [0.717, 1.165) is 11.3 Å². The van der Waals surface area contributed by atoms with E-state index < -0.39 is 72.2 Å². The number of aliphatic carboxylic acids is 1. The molecule has 0 radical (unpaired) electrons. The van der Waals surface area contributed by atoms with Crippen molar-refractivity contribution in [2.24, 2.45) is 17.8 Å². The minimum absolute atomic E-state index is 0.000649. The maximum atomic E-state index is 14.3. The number of benzene rings is 1. The van der Waals surface area contributed by atoms with Crippen molar-refractivity contribution in [2.75, 3.05) is 26.0 Å². The minimum atomic E-state index is -1.28. The highest BCUT2D eigenvalue weighted by atomic mass is 32.1.